The van der Waals surface area contributed by atoms with Gasteiger partial charge in [0.05, 0.1) is 6.10 Å². The Bertz CT molecular complexity index is 266. The largest absolute Gasteiger partial charge is 0.391 e. The van der Waals surface area contributed by atoms with Gasteiger partial charge >= 0.3 is 0 Å². The van der Waals surface area contributed by atoms with Crippen molar-refractivity contribution in [2.45, 2.75) is 31.5 Å². The number of hydrogen-bond donors (Lipinski definition) is 2. The SMILES string of the molecule is C[C@@H]1NC(=O)[C@H]2C[C@@H](O)CN2C1=O. The third kappa shape index (κ3) is 1.19. The molecule has 5 heteroatoms. The van der Waals surface area contributed by atoms with Gasteiger partial charge in [0, 0.05) is 13.0 Å². The Balaban J connectivity index is 2.23. The van der Waals surface area contributed by atoms with Crippen LogP contribution in [0.3, 0.4) is 0 Å². The number of hydrogen-bond acceptors (Lipinski definition) is 3. The van der Waals surface area contributed by atoms with Crippen LogP contribution in [0.15, 0.2) is 0 Å². The molecule has 2 saturated heterocycles. The van der Waals surface area contributed by atoms with E-state index in [-0.39, 0.29) is 11.8 Å². The molecule has 2 fully saturated rings. The molecule has 3 atom stereocenters. The van der Waals surface area contributed by atoms with Gasteiger partial charge in [-0.2, -0.15) is 0 Å². The molecule has 2 N–H and O–H groups in total. The van der Waals surface area contributed by atoms with Crippen molar-refractivity contribution in [2.75, 3.05) is 6.54 Å². The molecule has 2 heterocycles. The van der Waals surface area contributed by atoms with Gasteiger partial charge in [-0.15, -0.1) is 0 Å². The molecule has 13 heavy (non-hydrogen) atoms. The number of nitrogens with one attached hydrogen (secondary N) is 1. The van der Waals surface area contributed by atoms with Crippen molar-refractivity contribution in [3.05, 3.63) is 0 Å². The molecule has 2 aliphatic rings. The van der Waals surface area contributed by atoms with E-state index >= 15 is 0 Å². The normalized spacial score (nSPS) is 38.9. The van der Waals surface area contributed by atoms with Crippen molar-refractivity contribution in [1.82, 2.24) is 10.2 Å². The second kappa shape index (κ2) is 2.70. The fraction of sp³-hybridized carbons (Fsp3) is 0.750. The zero-order valence-corrected chi connectivity index (χ0v) is 7.36. The van der Waals surface area contributed by atoms with Gasteiger partial charge in [-0.05, 0) is 6.92 Å². The molecule has 0 aliphatic carbocycles. The van der Waals surface area contributed by atoms with Crippen LogP contribution in [0, 0.1) is 0 Å². The summed E-state index contributed by atoms with van der Waals surface area (Å²) < 4.78 is 0. The van der Waals surface area contributed by atoms with Gasteiger partial charge in [-0.25, -0.2) is 0 Å². The molecule has 72 valence electrons. The van der Waals surface area contributed by atoms with Gasteiger partial charge in [0.25, 0.3) is 0 Å². The van der Waals surface area contributed by atoms with E-state index in [0.717, 1.165) is 0 Å². The van der Waals surface area contributed by atoms with Crippen molar-refractivity contribution >= 4 is 11.8 Å². The van der Waals surface area contributed by atoms with E-state index in [1.54, 1.807) is 6.92 Å². The highest BCUT2D eigenvalue weighted by atomic mass is 16.3. The first-order valence-corrected chi connectivity index (χ1v) is 4.38. The minimum Gasteiger partial charge on any atom is -0.391 e. The predicted octanol–water partition coefficient (Wildman–Crippen LogP) is -1.53. The molecule has 0 saturated carbocycles. The molecule has 0 aromatic rings. The van der Waals surface area contributed by atoms with Crippen LogP contribution in [0.5, 0.6) is 0 Å². The van der Waals surface area contributed by atoms with E-state index in [9.17, 15) is 14.7 Å². The summed E-state index contributed by atoms with van der Waals surface area (Å²) in [7, 11) is 0. The summed E-state index contributed by atoms with van der Waals surface area (Å²) in [6.45, 7) is 1.95. The van der Waals surface area contributed by atoms with Crippen LogP contribution in [0.1, 0.15) is 13.3 Å². The van der Waals surface area contributed by atoms with Crippen LogP contribution < -0.4 is 5.32 Å². The fourth-order valence-corrected chi connectivity index (χ4v) is 1.93. The van der Waals surface area contributed by atoms with Crippen LogP contribution in [-0.4, -0.2) is 46.6 Å². The average molecular weight is 184 g/mol. The van der Waals surface area contributed by atoms with E-state index in [1.807, 2.05) is 0 Å². The van der Waals surface area contributed by atoms with Crippen molar-refractivity contribution < 1.29 is 14.7 Å². The molecule has 0 unspecified atom stereocenters. The number of carbonyl (C=O) groups excluding carboxylic acids is 2. The highest BCUT2D eigenvalue weighted by Crippen LogP contribution is 2.22. The summed E-state index contributed by atoms with van der Waals surface area (Å²) in [5.41, 5.74) is 0. The number of piperazine rings is 1. The van der Waals surface area contributed by atoms with Gasteiger partial charge in [0.1, 0.15) is 12.1 Å². The lowest BCUT2D eigenvalue weighted by molar-refractivity contribution is -0.146. The lowest BCUT2D eigenvalue weighted by atomic mass is 10.1. The number of aliphatic hydroxyl groups excluding tert-OH is 1. The number of rotatable bonds is 0. The van der Waals surface area contributed by atoms with E-state index in [4.69, 9.17) is 0 Å². The van der Waals surface area contributed by atoms with Crippen molar-refractivity contribution in [3.63, 3.8) is 0 Å². The van der Waals surface area contributed by atoms with E-state index in [1.165, 1.54) is 4.90 Å². The second-order valence-electron chi connectivity index (χ2n) is 3.63. The maximum Gasteiger partial charge on any atom is 0.245 e. The summed E-state index contributed by atoms with van der Waals surface area (Å²) in [6, 6.07) is -0.896. The Morgan fingerprint density at radius 2 is 2.23 bits per heavy atom. The molecule has 2 rings (SSSR count). The lowest BCUT2D eigenvalue weighted by Crippen LogP contribution is -2.59. The highest BCUT2D eigenvalue weighted by Gasteiger charge is 2.44. The highest BCUT2D eigenvalue weighted by molar-refractivity contribution is 5.97. The molecular formula is C8H12N2O3. The summed E-state index contributed by atoms with van der Waals surface area (Å²) in [5.74, 6) is -0.246. The minimum absolute atomic E-state index is 0.0962. The molecule has 0 radical (unpaired) electrons. The lowest BCUT2D eigenvalue weighted by Gasteiger charge is -2.32. The first-order valence-electron chi connectivity index (χ1n) is 4.38. The van der Waals surface area contributed by atoms with Crippen LogP contribution in [0.25, 0.3) is 0 Å². The smallest absolute Gasteiger partial charge is 0.245 e. The number of amides is 2. The molecule has 5 nitrogen and oxygen atoms in total. The van der Waals surface area contributed by atoms with Gasteiger partial charge in [0.15, 0.2) is 0 Å². The zero-order valence-electron chi connectivity index (χ0n) is 7.36. The van der Waals surface area contributed by atoms with Gasteiger partial charge < -0.3 is 15.3 Å². The molecule has 2 amide bonds. The Labute approximate surface area is 75.7 Å². The van der Waals surface area contributed by atoms with E-state index < -0.39 is 18.2 Å². The minimum atomic E-state index is -0.551. The Morgan fingerprint density at radius 1 is 1.54 bits per heavy atom. The molecule has 0 aromatic heterocycles. The quantitative estimate of drug-likeness (QED) is 0.479. The van der Waals surface area contributed by atoms with Gasteiger partial charge in [-0.1, -0.05) is 0 Å². The number of carbonyl (C=O) groups is 2. The van der Waals surface area contributed by atoms with Crippen LogP contribution in [0.2, 0.25) is 0 Å². The number of fused-ring (bicyclic) bond motifs is 1. The second-order valence-corrected chi connectivity index (χ2v) is 3.63. The maximum atomic E-state index is 11.5. The third-order valence-corrected chi connectivity index (χ3v) is 2.59. The summed E-state index contributed by atoms with van der Waals surface area (Å²) in [6.07, 6.45) is -0.186. The molecule has 0 bridgehead atoms. The Morgan fingerprint density at radius 3 is 2.92 bits per heavy atom. The summed E-state index contributed by atoms with van der Waals surface area (Å²) in [5, 5.41) is 11.9. The van der Waals surface area contributed by atoms with Crippen LogP contribution in [-0.2, 0) is 9.59 Å². The molecule has 0 spiro atoms. The fourth-order valence-electron chi connectivity index (χ4n) is 1.93. The third-order valence-electron chi connectivity index (χ3n) is 2.59. The molecular weight excluding hydrogens is 172 g/mol. The Hall–Kier alpha value is -1.10. The molecule has 2 aliphatic heterocycles. The van der Waals surface area contributed by atoms with Crippen LogP contribution in [0.4, 0.5) is 0 Å². The monoisotopic (exact) mass is 184 g/mol. The van der Waals surface area contributed by atoms with E-state index in [0.29, 0.717) is 13.0 Å². The zero-order chi connectivity index (χ0) is 9.59. The van der Waals surface area contributed by atoms with Crippen molar-refractivity contribution in [1.29, 1.82) is 0 Å². The average Bonchev–Trinajstić information content (AvgIpc) is 2.44. The number of aliphatic hydroxyl groups is 1. The number of nitrogens with zero attached hydrogens (tertiary/aromatic N) is 1. The van der Waals surface area contributed by atoms with Gasteiger partial charge in [-0.3, -0.25) is 9.59 Å². The standard InChI is InChI=1S/C8H12N2O3/c1-4-8(13)10-3-5(11)2-6(10)7(12)9-4/h4-6,11H,2-3H2,1H3,(H,9,12)/t4-,5+,6+/m0/s1. The van der Waals surface area contributed by atoms with Gasteiger partial charge in [0.2, 0.25) is 11.8 Å². The first-order chi connectivity index (χ1) is 6.09. The van der Waals surface area contributed by atoms with Crippen molar-refractivity contribution in [2.24, 2.45) is 0 Å². The summed E-state index contributed by atoms with van der Waals surface area (Å²) in [4.78, 5) is 24.3. The predicted molar refractivity (Wildman–Crippen MR) is 43.7 cm³/mol. The summed E-state index contributed by atoms with van der Waals surface area (Å²) >= 11 is 0. The maximum absolute atomic E-state index is 11.5. The first kappa shape index (κ1) is 8.50. The molecule has 0 aromatic carbocycles. The van der Waals surface area contributed by atoms with Crippen LogP contribution >= 0.6 is 0 Å². The van der Waals surface area contributed by atoms with E-state index in [2.05, 4.69) is 5.32 Å². The van der Waals surface area contributed by atoms with Crippen molar-refractivity contribution in [3.8, 4) is 0 Å². The topological polar surface area (TPSA) is 69.6 Å². The Kier molecular flexibility index (Phi) is 1.76.